The first-order valence-corrected chi connectivity index (χ1v) is 6.89. The van der Waals surface area contributed by atoms with Gasteiger partial charge in [0.1, 0.15) is 5.82 Å². The molecule has 1 aliphatic carbocycles. The van der Waals surface area contributed by atoms with Crippen molar-refractivity contribution in [1.29, 1.82) is 0 Å². The van der Waals surface area contributed by atoms with Gasteiger partial charge in [-0.15, -0.1) is 0 Å². The molecule has 2 unspecified atom stereocenters. The van der Waals surface area contributed by atoms with E-state index in [4.69, 9.17) is 5.73 Å². The van der Waals surface area contributed by atoms with Gasteiger partial charge in [0.25, 0.3) is 0 Å². The first-order valence-electron chi connectivity index (χ1n) is 6.89. The summed E-state index contributed by atoms with van der Waals surface area (Å²) in [6, 6.07) is 4.86. The zero-order valence-electron chi connectivity index (χ0n) is 11.8. The third kappa shape index (κ3) is 2.92. The number of rotatable bonds is 4. The van der Waals surface area contributed by atoms with Crippen LogP contribution in [0.15, 0.2) is 24.3 Å². The number of nitrogens with two attached hydrogens (primary N) is 1. The Morgan fingerprint density at radius 1 is 1.24 bits per heavy atom. The smallest absolute Gasteiger partial charge is 0.381 e. The molecule has 0 saturated heterocycles. The minimum Gasteiger partial charge on any atom is -0.381 e. The highest BCUT2D eigenvalue weighted by atomic mass is 19.4. The molecule has 118 valence electrons. The third-order valence-corrected chi connectivity index (χ3v) is 4.60. The van der Waals surface area contributed by atoms with E-state index in [1.807, 2.05) is 0 Å². The number of aliphatic hydroxyl groups is 1. The maximum absolute atomic E-state index is 13.0. The van der Waals surface area contributed by atoms with E-state index >= 15 is 0 Å². The van der Waals surface area contributed by atoms with Crippen molar-refractivity contribution in [2.75, 3.05) is 0 Å². The summed E-state index contributed by atoms with van der Waals surface area (Å²) in [5.41, 5.74) is 3.32. The van der Waals surface area contributed by atoms with Crippen molar-refractivity contribution in [2.24, 2.45) is 5.73 Å². The Kier molecular flexibility index (Phi) is 4.06. The van der Waals surface area contributed by atoms with Gasteiger partial charge in [0.15, 0.2) is 5.60 Å². The lowest BCUT2D eigenvalue weighted by molar-refractivity contribution is -0.257. The van der Waals surface area contributed by atoms with Crippen molar-refractivity contribution < 1.29 is 22.7 Å². The average molecular weight is 305 g/mol. The topological polar surface area (TPSA) is 46.2 Å². The normalized spacial score (nSPS) is 22.2. The quantitative estimate of drug-likeness (QED) is 0.839. The van der Waals surface area contributed by atoms with Crippen LogP contribution >= 0.6 is 0 Å². The number of alkyl halides is 3. The summed E-state index contributed by atoms with van der Waals surface area (Å²) in [5, 5.41) is 9.63. The molecule has 3 N–H and O–H groups in total. The molecule has 0 spiro atoms. The van der Waals surface area contributed by atoms with Crippen LogP contribution in [0.1, 0.15) is 38.2 Å². The van der Waals surface area contributed by atoms with Crippen LogP contribution in [0.2, 0.25) is 0 Å². The van der Waals surface area contributed by atoms with Crippen LogP contribution in [0.25, 0.3) is 0 Å². The molecule has 2 nitrogen and oxygen atoms in total. The summed E-state index contributed by atoms with van der Waals surface area (Å²) < 4.78 is 51.4. The lowest BCUT2D eigenvalue weighted by Crippen LogP contribution is -2.56. The summed E-state index contributed by atoms with van der Waals surface area (Å²) in [6.07, 6.45) is -3.15. The molecule has 1 aromatic rings. The molecular weight excluding hydrogens is 286 g/mol. The van der Waals surface area contributed by atoms with E-state index in [0.29, 0.717) is 12.8 Å². The predicted octanol–water partition coefficient (Wildman–Crippen LogP) is 3.28. The average Bonchev–Trinajstić information content (AvgIpc) is 2.28. The standard InChI is InChI=1S/C15H19F4NO/c1-13(21,15(17,18)19)9-12(20)14(7-2-8-14)10-3-5-11(16)6-4-10/h3-6,12,21H,2,7-9,20H2,1H3. The summed E-state index contributed by atoms with van der Waals surface area (Å²) >= 11 is 0. The largest absolute Gasteiger partial charge is 0.416 e. The minimum atomic E-state index is -4.72. The van der Waals surface area contributed by atoms with E-state index < -0.39 is 35.5 Å². The summed E-state index contributed by atoms with van der Waals surface area (Å²) in [5.74, 6) is -0.399. The van der Waals surface area contributed by atoms with Gasteiger partial charge in [0, 0.05) is 17.9 Å². The summed E-state index contributed by atoms with van der Waals surface area (Å²) in [4.78, 5) is 0. The molecule has 0 heterocycles. The molecule has 1 fully saturated rings. The molecule has 1 aliphatic rings. The molecule has 0 radical (unpaired) electrons. The van der Waals surface area contributed by atoms with E-state index in [-0.39, 0.29) is 0 Å². The number of hydrogen-bond acceptors (Lipinski definition) is 2. The minimum absolute atomic E-state index is 0.399. The third-order valence-electron chi connectivity index (χ3n) is 4.60. The maximum Gasteiger partial charge on any atom is 0.416 e. The van der Waals surface area contributed by atoms with E-state index in [2.05, 4.69) is 0 Å². The fourth-order valence-corrected chi connectivity index (χ4v) is 2.95. The highest BCUT2D eigenvalue weighted by Gasteiger charge is 2.54. The SMILES string of the molecule is CC(O)(CC(N)C1(c2ccc(F)cc2)CCC1)C(F)(F)F. The Balaban J connectivity index is 2.23. The van der Waals surface area contributed by atoms with Gasteiger partial charge < -0.3 is 10.8 Å². The van der Waals surface area contributed by atoms with Crippen molar-refractivity contribution in [1.82, 2.24) is 0 Å². The summed E-state index contributed by atoms with van der Waals surface area (Å²) in [7, 11) is 0. The second kappa shape index (κ2) is 5.25. The molecule has 0 aliphatic heterocycles. The van der Waals surface area contributed by atoms with E-state index in [1.165, 1.54) is 12.1 Å². The van der Waals surface area contributed by atoms with Gasteiger partial charge in [0.2, 0.25) is 0 Å². The fourth-order valence-electron chi connectivity index (χ4n) is 2.95. The van der Waals surface area contributed by atoms with Crippen LogP contribution in [0.3, 0.4) is 0 Å². The molecule has 0 aromatic heterocycles. The van der Waals surface area contributed by atoms with E-state index in [1.54, 1.807) is 12.1 Å². The summed E-state index contributed by atoms with van der Waals surface area (Å²) in [6.45, 7) is 0.740. The maximum atomic E-state index is 13.0. The van der Waals surface area contributed by atoms with E-state index in [0.717, 1.165) is 18.9 Å². The number of hydrogen-bond donors (Lipinski definition) is 2. The van der Waals surface area contributed by atoms with Crippen LogP contribution < -0.4 is 5.73 Å². The van der Waals surface area contributed by atoms with Crippen LogP contribution in [0.4, 0.5) is 17.6 Å². The number of halogens is 4. The Bertz CT molecular complexity index is 491. The van der Waals surface area contributed by atoms with Gasteiger partial charge in [-0.25, -0.2) is 4.39 Å². The Hall–Kier alpha value is -1.14. The second-order valence-corrected chi connectivity index (χ2v) is 6.10. The van der Waals surface area contributed by atoms with Crippen LogP contribution in [-0.4, -0.2) is 22.9 Å². The predicted molar refractivity (Wildman–Crippen MR) is 71.2 cm³/mol. The van der Waals surface area contributed by atoms with Gasteiger partial charge in [-0.2, -0.15) is 13.2 Å². The monoisotopic (exact) mass is 305 g/mol. The zero-order valence-corrected chi connectivity index (χ0v) is 11.8. The molecule has 1 saturated carbocycles. The highest BCUT2D eigenvalue weighted by Crippen LogP contribution is 2.48. The van der Waals surface area contributed by atoms with Crippen molar-refractivity contribution >= 4 is 0 Å². The number of benzene rings is 1. The molecule has 2 atom stereocenters. The first kappa shape index (κ1) is 16.2. The van der Waals surface area contributed by atoms with Crippen LogP contribution in [0, 0.1) is 5.82 Å². The molecule has 21 heavy (non-hydrogen) atoms. The fraction of sp³-hybridized carbons (Fsp3) is 0.600. The molecule has 6 heteroatoms. The van der Waals surface area contributed by atoms with Crippen LogP contribution in [-0.2, 0) is 5.41 Å². The first-order chi connectivity index (χ1) is 9.58. The van der Waals surface area contributed by atoms with Gasteiger partial charge in [0.05, 0.1) is 0 Å². The van der Waals surface area contributed by atoms with Crippen molar-refractivity contribution in [3.63, 3.8) is 0 Å². The lowest BCUT2D eigenvalue weighted by atomic mass is 9.59. The second-order valence-electron chi connectivity index (χ2n) is 6.10. The highest BCUT2D eigenvalue weighted by molar-refractivity contribution is 5.31. The Labute approximate surface area is 121 Å². The lowest BCUT2D eigenvalue weighted by Gasteiger charge is -2.48. The van der Waals surface area contributed by atoms with Gasteiger partial charge in [-0.1, -0.05) is 18.6 Å². The van der Waals surface area contributed by atoms with Gasteiger partial charge in [-0.05, 0) is 37.5 Å². The van der Waals surface area contributed by atoms with Crippen LogP contribution in [0.5, 0.6) is 0 Å². The van der Waals surface area contributed by atoms with Gasteiger partial charge >= 0.3 is 6.18 Å². The Morgan fingerprint density at radius 3 is 2.14 bits per heavy atom. The van der Waals surface area contributed by atoms with Crippen molar-refractivity contribution in [3.05, 3.63) is 35.6 Å². The molecular formula is C15H19F4NO. The zero-order chi connectivity index (χ0) is 15.9. The molecule has 1 aromatic carbocycles. The Morgan fingerprint density at radius 2 is 1.76 bits per heavy atom. The van der Waals surface area contributed by atoms with Crippen molar-refractivity contribution in [3.8, 4) is 0 Å². The van der Waals surface area contributed by atoms with Gasteiger partial charge in [-0.3, -0.25) is 0 Å². The molecule has 2 rings (SSSR count). The van der Waals surface area contributed by atoms with Crippen molar-refractivity contribution in [2.45, 2.75) is 55.8 Å². The van der Waals surface area contributed by atoms with E-state index in [9.17, 15) is 22.7 Å². The molecule has 0 amide bonds. The molecule has 0 bridgehead atoms.